The summed E-state index contributed by atoms with van der Waals surface area (Å²) >= 11 is 0. The largest absolute Gasteiger partial charge is 0.444 e. The van der Waals surface area contributed by atoms with Crippen LogP contribution in [0.4, 0.5) is 10.6 Å². The molecule has 0 aliphatic carbocycles. The molecule has 2 aromatic heterocycles. The van der Waals surface area contributed by atoms with Gasteiger partial charge in [-0.2, -0.15) is 0 Å². The number of carbonyl (C=O) groups is 1. The summed E-state index contributed by atoms with van der Waals surface area (Å²) in [4.78, 5) is 21.9. The van der Waals surface area contributed by atoms with E-state index in [1.54, 1.807) is 32.2 Å². The number of rotatable bonds is 10. The lowest BCUT2D eigenvalue weighted by molar-refractivity contribution is 0.0388. The fourth-order valence-electron chi connectivity index (χ4n) is 2.68. The number of hydrogen-bond acceptors (Lipinski definition) is 9. The lowest BCUT2D eigenvalue weighted by Crippen LogP contribution is -2.24. The van der Waals surface area contributed by atoms with Gasteiger partial charge in [0.2, 0.25) is 5.82 Å². The van der Waals surface area contributed by atoms with Gasteiger partial charge in [0.25, 0.3) is 0 Å². The van der Waals surface area contributed by atoms with Crippen LogP contribution in [0.25, 0.3) is 0 Å². The monoisotopic (exact) mass is 439 g/mol. The number of carbonyl (C=O) groups excluding carboxylic acids is 1. The van der Waals surface area contributed by atoms with Gasteiger partial charge in [0.05, 0.1) is 12.3 Å². The van der Waals surface area contributed by atoms with Crippen molar-refractivity contribution in [3.05, 3.63) is 65.6 Å². The molecule has 0 bridgehead atoms. The lowest BCUT2D eigenvalue weighted by atomic mass is 10.1. The number of aromatic nitrogens is 5. The number of amides is 1. The fourth-order valence-corrected chi connectivity index (χ4v) is 2.68. The molecule has 3 aromatic rings. The normalized spacial score (nSPS) is 12.3. The molecular weight excluding hydrogens is 414 g/mol. The van der Waals surface area contributed by atoms with E-state index in [2.05, 4.69) is 31.0 Å². The molecule has 1 unspecified atom stereocenters. The van der Waals surface area contributed by atoms with E-state index in [-0.39, 0.29) is 12.7 Å². The van der Waals surface area contributed by atoms with Gasteiger partial charge in [0, 0.05) is 19.2 Å². The Labute approximate surface area is 185 Å². The molecule has 32 heavy (non-hydrogen) atoms. The van der Waals surface area contributed by atoms with Crippen molar-refractivity contribution in [2.45, 2.75) is 26.6 Å². The molecule has 1 aromatic carbocycles. The molecule has 1 amide bonds. The molecule has 1 atom stereocenters. The van der Waals surface area contributed by atoms with Crippen LogP contribution >= 0.6 is 0 Å². The molecule has 0 aliphatic heterocycles. The van der Waals surface area contributed by atoms with Crippen LogP contribution in [0.3, 0.4) is 0 Å². The number of oxime groups is 1. The predicted octanol–water partition coefficient (Wildman–Crippen LogP) is 2.55. The topological polar surface area (TPSA) is 126 Å². The van der Waals surface area contributed by atoms with E-state index in [4.69, 9.17) is 14.3 Å². The molecule has 11 nitrogen and oxygen atoms in total. The van der Waals surface area contributed by atoms with Crippen LogP contribution in [-0.4, -0.2) is 56.3 Å². The maximum Gasteiger partial charge on any atom is 0.413 e. The van der Waals surface area contributed by atoms with Gasteiger partial charge in [0.15, 0.2) is 12.3 Å². The summed E-state index contributed by atoms with van der Waals surface area (Å²) in [5.41, 5.74) is 1.86. The first-order valence-electron chi connectivity index (χ1n) is 10.1. The molecule has 168 valence electrons. The zero-order valence-corrected chi connectivity index (χ0v) is 18.1. The van der Waals surface area contributed by atoms with Crippen molar-refractivity contribution in [1.82, 2.24) is 25.2 Å². The van der Waals surface area contributed by atoms with E-state index in [1.165, 1.54) is 4.68 Å². The van der Waals surface area contributed by atoms with Crippen LogP contribution in [0.1, 0.15) is 30.9 Å². The molecule has 0 saturated heterocycles. The number of tetrazole rings is 1. The zero-order chi connectivity index (χ0) is 22.8. The first kappa shape index (κ1) is 22.8. The molecule has 0 aliphatic rings. The van der Waals surface area contributed by atoms with Crippen molar-refractivity contribution in [2.24, 2.45) is 12.2 Å². The predicted molar refractivity (Wildman–Crippen MR) is 116 cm³/mol. The smallest absolute Gasteiger partial charge is 0.413 e. The third-order valence-electron chi connectivity index (χ3n) is 4.15. The Hall–Kier alpha value is -3.86. The number of hydrogen-bond donors (Lipinski definition) is 1. The Morgan fingerprint density at radius 1 is 1.19 bits per heavy atom. The molecule has 3 rings (SSSR count). The zero-order valence-electron chi connectivity index (χ0n) is 18.1. The van der Waals surface area contributed by atoms with E-state index >= 15 is 0 Å². The van der Waals surface area contributed by atoms with E-state index < -0.39 is 6.09 Å². The van der Waals surface area contributed by atoms with Gasteiger partial charge < -0.3 is 14.3 Å². The Bertz CT molecular complexity index is 1040. The first-order valence-corrected chi connectivity index (χ1v) is 10.1. The van der Waals surface area contributed by atoms with Crippen molar-refractivity contribution in [3.8, 4) is 0 Å². The van der Waals surface area contributed by atoms with Gasteiger partial charge in [-0.3, -0.25) is 5.32 Å². The third-order valence-corrected chi connectivity index (χ3v) is 4.15. The van der Waals surface area contributed by atoms with Crippen LogP contribution in [-0.2, 0) is 28.0 Å². The Morgan fingerprint density at radius 2 is 2.00 bits per heavy atom. The van der Waals surface area contributed by atoms with Crippen molar-refractivity contribution in [1.29, 1.82) is 0 Å². The highest BCUT2D eigenvalue weighted by molar-refractivity contribution is 6.10. The summed E-state index contributed by atoms with van der Waals surface area (Å²) in [6, 6.07) is 14.6. The molecule has 0 fully saturated rings. The Balaban J connectivity index is 1.64. The van der Waals surface area contributed by atoms with Gasteiger partial charge in [0.1, 0.15) is 11.9 Å². The highest BCUT2D eigenvalue weighted by Gasteiger charge is 2.15. The summed E-state index contributed by atoms with van der Waals surface area (Å²) in [6.07, 6.45) is -0.982. The highest BCUT2D eigenvalue weighted by Crippen LogP contribution is 2.11. The number of benzene rings is 1. The lowest BCUT2D eigenvalue weighted by Gasteiger charge is -2.13. The van der Waals surface area contributed by atoms with Crippen molar-refractivity contribution in [2.75, 3.05) is 18.5 Å². The van der Waals surface area contributed by atoms with Crippen molar-refractivity contribution in [3.63, 3.8) is 0 Å². The second-order valence-corrected chi connectivity index (χ2v) is 6.72. The van der Waals surface area contributed by atoms with Crippen molar-refractivity contribution >= 4 is 17.6 Å². The first-order chi connectivity index (χ1) is 15.6. The van der Waals surface area contributed by atoms with E-state index in [0.29, 0.717) is 36.3 Å². The molecule has 11 heteroatoms. The highest BCUT2D eigenvalue weighted by atomic mass is 16.6. The number of nitrogens with zero attached hydrogens (tertiary/aromatic N) is 6. The number of pyridine rings is 1. The van der Waals surface area contributed by atoms with Gasteiger partial charge in [-0.15, -0.1) is 5.10 Å². The molecule has 2 heterocycles. The molecule has 0 radical (unpaired) electrons. The Kier molecular flexibility index (Phi) is 8.21. The summed E-state index contributed by atoms with van der Waals surface area (Å²) in [5, 5.41) is 18.4. The minimum absolute atomic E-state index is 0.0763. The Morgan fingerprint density at radius 3 is 2.72 bits per heavy atom. The summed E-state index contributed by atoms with van der Waals surface area (Å²) < 4.78 is 12.0. The van der Waals surface area contributed by atoms with Crippen LogP contribution in [0.15, 0.2) is 53.7 Å². The molecular formula is C21H25N7O4. The maximum absolute atomic E-state index is 12.0. The average molecular weight is 439 g/mol. The van der Waals surface area contributed by atoms with E-state index in [9.17, 15) is 4.79 Å². The van der Waals surface area contributed by atoms with Gasteiger partial charge in [-0.25, -0.2) is 14.5 Å². The van der Waals surface area contributed by atoms with Gasteiger partial charge in [-0.1, -0.05) is 41.6 Å². The average Bonchev–Trinajstić information content (AvgIpc) is 3.21. The van der Waals surface area contributed by atoms with Crippen LogP contribution in [0.5, 0.6) is 0 Å². The maximum atomic E-state index is 12.0. The minimum Gasteiger partial charge on any atom is -0.444 e. The van der Waals surface area contributed by atoms with Crippen molar-refractivity contribution < 1.29 is 19.1 Å². The number of anilines is 1. The van der Waals surface area contributed by atoms with Gasteiger partial charge >= 0.3 is 6.09 Å². The molecule has 1 N–H and O–H groups in total. The standard InChI is InChI=1S/C21H25N7O4/c1-4-30-13-15(2)32-21(29)23-18-12-8-11-17(22-18)14-31-25-19(16-9-6-5-7-10-16)20-24-26-27-28(20)3/h5-12,15H,4,13-14H2,1-3H3,(H,22,23,29)/b25-19-. The number of nitrogens with one attached hydrogen (secondary N) is 1. The summed E-state index contributed by atoms with van der Waals surface area (Å²) in [6.45, 7) is 4.59. The summed E-state index contributed by atoms with van der Waals surface area (Å²) in [7, 11) is 1.72. The van der Waals surface area contributed by atoms with Crippen LogP contribution < -0.4 is 5.32 Å². The minimum atomic E-state index is -0.609. The summed E-state index contributed by atoms with van der Waals surface area (Å²) in [5.74, 6) is 0.799. The number of ether oxygens (including phenoxy) is 2. The molecule has 0 saturated carbocycles. The SMILES string of the molecule is CCOCC(C)OC(=O)Nc1cccc(CO/N=C(/c2ccccc2)c2nnnn2C)n1. The quantitative estimate of drug-likeness (QED) is 0.377. The fraction of sp³-hybridized carbons (Fsp3) is 0.333. The van der Waals surface area contributed by atoms with Crippen LogP contribution in [0, 0.1) is 0 Å². The second kappa shape index (κ2) is 11.5. The molecule has 0 spiro atoms. The van der Waals surface area contributed by atoms with E-state index in [0.717, 1.165) is 5.56 Å². The second-order valence-electron chi connectivity index (χ2n) is 6.72. The van der Waals surface area contributed by atoms with Gasteiger partial charge in [-0.05, 0) is 36.4 Å². The third kappa shape index (κ3) is 6.57. The van der Waals surface area contributed by atoms with Crippen LogP contribution in [0.2, 0.25) is 0 Å². The van der Waals surface area contributed by atoms with E-state index in [1.807, 2.05) is 37.3 Å². The number of aryl methyl sites for hydroxylation is 1.